The number of rotatable bonds is 5. The molecule has 1 fully saturated rings. The third kappa shape index (κ3) is 3.96. The number of amides is 1. The first-order valence-electron chi connectivity index (χ1n) is 6.81. The van der Waals surface area contributed by atoms with E-state index < -0.39 is 5.60 Å². The molecule has 1 aliphatic heterocycles. The molecular formula is C15H20FNO2S. The normalized spacial score (nSPS) is 23.6. The predicted molar refractivity (Wildman–Crippen MR) is 79.2 cm³/mol. The van der Waals surface area contributed by atoms with Gasteiger partial charge in [-0.15, -0.1) is 0 Å². The van der Waals surface area contributed by atoms with E-state index in [2.05, 4.69) is 5.32 Å². The van der Waals surface area contributed by atoms with Gasteiger partial charge in [-0.2, -0.15) is 11.8 Å². The van der Waals surface area contributed by atoms with Gasteiger partial charge in [0, 0.05) is 18.2 Å². The summed E-state index contributed by atoms with van der Waals surface area (Å²) in [7, 11) is 0. The molecule has 3 nitrogen and oxygen atoms in total. The Hall–Kier alpha value is -1.07. The van der Waals surface area contributed by atoms with Crippen LogP contribution >= 0.6 is 11.8 Å². The van der Waals surface area contributed by atoms with Gasteiger partial charge in [0.1, 0.15) is 5.82 Å². The van der Waals surface area contributed by atoms with Crippen molar-refractivity contribution in [2.75, 3.05) is 18.1 Å². The summed E-state index contributed by atoms with van der Waals surface area (Å²) < 4.78 is 13.5. The van der Waals surface area contributed by atoms with Crippen molar-refractivity contribution in [3.05, 3.63) is 35.6 Å². The zero-order valence-corrected chi connectivity index (χ0v) is 12.4. The third-order valence-corrected chi connectivity index (χ3v) is 4.84. The van der Waals surface area contributed by atoms with Crippen LogP contribution in [0.4, 0.5) is 4.39 Å². The molecule has 0 spiro atoms. The Balaban J connectivity index is 1.84. The van der Waals surface area contributed by atoms with Crippen molar-refractivity contribution in [1.82, 2.24) is 5.32 Å². The van der Waals surface area contributed by atoms with Gasteiger partial charge in [0.05, 0.1) is 5.60 Å². The van der Waals surface area contributed by atoms with Crippen LogP contribution in [0, 0.1) is 11.7 Å². The number of hydrogen-bond donors (Lipinski definition) is 2. The van der Waals surface area contributed by atoms with Gasteiger partial charge < -0.3 is 10.4 Å². The summed E-state index contributed by atoms with van der Waals surface area (Å²) in [5.74, 6) is 0.854. The minimum atomic E-state index is -0.780. The zero-order valence-electron chi connectivity index (χ0n) is 11.6. The van der Waals surface area contributed by atoms with Crippen LogP contribution in [0.15, 0.2) is 24.3 Å². The second kappa shape index (κ2) is 6.59. The van der Waals surface area contributed by atoms with Gasteiger partial charge >= 0.3 is 0 Å². The summed E-state index contributed by atoms with van der Waals surface area (Å²) in [6.45, 7) is 2.05. The van der Waals surface area contributed by atoms with Gasteiger partial charge in [-0.25, -0.2) is 4.39 Å². The molecule has 5 heteroatoms. The number of halogens is 1. The van der Waals surface area contributed by atoms with Gasteiger partial charge in [0.15, 0.2) is 0 Å². The molecule has 1 aromatic carbocycles. The number of carbonyl (C=O) groups excluding carboxylic acids is 1. The number of aliphatic hydroxyl groups is 1. The van der Waals surface area contributed by atoms with Gasteiger partial charge in [-0.3, -0.25) is 4.79 Å². The Labute approximate surface area is 123 Å². The fourth-order valence-electron chi connectivity index (χ4n) is 2.25. The second-order valence-electron chi connectivity index (χ2n) is 5.44. The van der Waals surface area contributed by atoms with E-state index in [1.165, 1.54) is 6.07 Å². The number of carbonyl (C=O) groups is 1. The molecule has 0 aromatic heterocycles. The van der Waals surface area contributed by atoms with Gasteiger partial charge in [-0.05, 0) is 30.2 Å². The van der Waals surface area contributed by atoms with Crippen LogP contribution in [-0.4, -0.2) is 34.7 Å². The summed E-state index contributed by atoms with van der Waals surface area (Å²) in [6, 6.07) is 6.50. The van der Waals surface area contributed by atoms with Gasteiger partial charge in [0.25, 0.3) is 0 Å². The molecule has 20 heavy (non-hydrogen) atoms. The van der Waals surface area contributed by atoms with Gasteiger partial charge in [0.2, 0.25) is 5.91 Å². The molecule has 0 radical (unpaired) electrons. The van der Waals surface area contributed by atoms with Crippen LogP contribution in [0.5, 0.6) is 0 Å². The molecule has 2 rings (SSSR count). The standard InChI is InChI=1S/C15H20FNO2S/c1-11(8-12-4-2-3-5-13(12)16)14(18)17-9-15(19)6-7-20-10-15/h2-5,11,19H,6-10H2,1H3,(H,17,18). The molecule has 1 aromatic rings. The summed E-state index contributed by atoms with van der Waals surface area (Å²) >= 11 is 1.69. The van der Waals surface area contributed by atoms with Crippen molar-refractivity contribution in [3.63, 3.8) is 0 Å². The molecule has 2 unspecified atom stereocenters. The van der Waals surface area contributed by atoms with Crippen molar-refractivity contribution in [1.29, 1.82) is 0 Å². The highest BCUT2D eigenvalue weighted by Gasteiger charge is 2.32. The maximum absolute atomic E-state index is 13.5. The fourth-order valence-corrected chi connectivity index (χ4v) is 3.54. The quantitative estimate of drug-likeness (QED) is 0.874. The van der Waals surface area contributed by atoms with Crippen molar-refractivity contribution in [2.45, 2.75) is 25.4 Å². The Bertz CT molecular complexity index is 475. The molecule has 1 aliphatic rings. The van der Waals surface area contributed by atoms with Crippen LogP contribution in [0.1, 0.15) is 18.9 Å². The monoisotopic (exact) mass is 297 g/mol. The molecular weight excluding hydrogens is 277 g/mol. The zero-order chi connectivity index (χ0) is 14.6. The number of hydrogen-bond acceptors (Lipinski definition) is 3. The van der Waals surface area contributed by atoms with Crippen molar-refractivity contribution in [2.24, 2.45) is 5.92 Å². The summed E-state index contributed by atoms with van der Waals surface area (Å²) in [4.78, 5) is 12.0. The lowest BCUT2D eigenvalue weighted by Crippen LogP contribution is -2.44. The highest BCUT2D eigenvalue weighted by atomic mass is 32.2. The molecule has 0 aliphatic carbocycles. The first-order valence-corrected chi connectivity index (χ1v) is 7.97. The van der Waals surface area contributed by atoms with E-state index in [-0.39, 0.29) is 24.2 Å². The molecule has 0 bridgehead atoms. The van der Waals surface area contributed by atoms with E-state index in [1.807, 2.05) is 0 Å². The van der Waals surface area contributed by atoms with E-state index in [4.69, 9.17) is 0 Å². The van der Waals surface area contributed by atoms with E-state index in [0.29, 0.717) is 24.2 Å². The number of nitrogens with one attached hydrogen (secondary N) is 1. The van der Waals surface area contributed by atoms with E-state index in [1.54, 1.807) is 36.9 Å². The Morgan fingerprint density at radius 3 is 2.95 bits per heavy atom. The lowest BCUT2D eigenvalue weighted by Gasteiger charge is -2.22. The van der Waals surface area contributed by atoms with E-state index in [0.717, 1.165) is 5.75 Å². The predicted octanol–water partition coefficient (Wildman–Crippen LogP) is 1.99. The molecule has 1 saturated heterocycles. The Morgan fingerprint density at radius 2 is 2.30 bits per heavy atom. The first-order chi connectivity index (χ1) is 9.50. The van der Waals surface area contributed by atoms with E-state index >= 15 is 0 Å². The third-order valence-electron chi connectivity index (χ3n) is 3.61. The summed E-state index contributed by atoms with van der Waals surface area (Å²) in [6.07, 6.45) is 1.07. The minimum Gasteiger partial charge on any atom is -0.387 e. The van der Waals surface area contributed by atoms with E-state index in [9.17, 15) is 14.3 Å². The molecule has 0 saturated carbocycles. The van der Waals surface area contributed by atoms with Gasteiger partial charge in [-0.1, -0.05) is 25.1 Å². The lowest BCUT2D eigenvalue weighted by atomic mass is 9.99. The Kier molecular flexibility index (Phi) is 5.05. The van der Waals surface area contributed by atoms with Crippen LogP contribution < -0.4 is 5.32 Å². The Morgan fingerprint density at radius 1 is 1.55 bits per heavy atom. The SMILES string of the molecule is CC(Cc1ccccc1F)C(=O)NCC1(O)CCSC1. The minimum absolute atomic E-state index is 0.140. The largest absolute Gasteiger partial charge is 0.387 e. The average Bonchev–Trinajstić information content (AvgIpc) is 2.86. The maximum atomic E-state index is 13.5. The average molecular weight is 297 g/mol. The van der Waals surface area contributed by atoms with Crippen LogP contribution in [0.3, 0.4) is 0 Å². The fraction of sp³-hybridized carbons (Fsp3) is 0.533. The molecule has 1 heterocycles. The first kappa shape index (κ1) is 15.3. The molecule has 110 valence electrons. The maximum Gasteiger partial charge on any atom is 0.223 e. The summed E-state index contributed by atoms with van der Waals surface area (Å²) in [5, 5.41) is 12.9. The molecule has 2 atom stereocenters. The smallest absolute Gasteiger partial charge is 0.223 e. The van der Waals surface area contributed by atoms with Crippen molar-refractivity contribution in [3.8, 4) is 0 Å². The highest BCUT2D eigenvalue weighted by Crippen LogP contribution is 2.27. The van der Waals surface area contributed by atoms with Crippen LogP contribution in [0.2, 0.25) is 0 Å². The van der Waals surface area contributed by atoms with Crippen molar-refractivity contribution < 1.29 is 14.3 Å². The summed E-state index contributed by atoms with van der Waals surface area (Å²) in [5.41, 5.74) is -0.233. The number of thioether (sulfide) groups is 1. The highest BCUT2D eigenvalue weighted by molar-refractivity contribution is 7.99. The lowest BCUT2D eigenvalue weighted by molar-refractivity contribution is -0.125. The topological polar surface area (TPSA) is 49.3 Å². The molecule has 2 N–H and O–H groups in total. The van der Waals surface area contributed by atoms with Crippen LogP contribution in [0.25, 0.3) is 0 Å². The second-order valence-corrected chi connectivity index (χ2v) is 6.55. The number of benzene rings is 1. The molecule has 1 amide bonds. The van der Waals surface area contributed by atoms with Crippen molar-refractivity contribution >= 4 is 17.7 Å². The van der Waals surface area contributed by atoms with Crippen LogP contribution in [-0.2, 0) is 11.2 Å².